The van der Waals surface area contributed by atoms with Crippen LogP contribution >= 0.6 is 11.6 Å². The summed E-state index contributed by atoms with van der Waals surface area (Å²) in [5.41, 5.74) is 0.813. The molecule has 4 nitrogen and oxygen atoms in total. The number of hydrogen-bond donors (Lipinski definition) is 1. The van der Waals surface area contributed by atoms with Gasteiger partial charge in [-0.15, -0.1) is 0 Å². The standard InChI is InChI=1S/C18H18ClFN2O2/c1-13(23)22(12-14-6-3-2-4-7-14)11-10-21-18(24)17-15(19)8-5-9-16(17)20/h2-9H,10-12H2,1H3,(H,21,24). The topological polar surface area (TPSA) is 49.4 Å². The van der Waals surface area contributed by atoms with Crippen molar-refractivity contribution in [2.75, 3.05) is 13.1 Å². The summed E-state index contributed by atoms with van der Waals surface area (Å²) in [7, 11) is 0. The van der Waals surface area contributed by atoms with Crippen molar-refractivity contribution in [3.63, 3.8) is 0 Å². The number of amides is 2. The van der Waals surface area contributed by atoms with Crippen molar-refractivity contribution in [3.8, 4) is 0 Å². The van der Waals surface area contributed by atoms with E-state index < -0.39 is 11.7 Å². The summed E-state index contributed by atoms with van der Waals surface area (Å²) in [5.74, 6) is -1.37. The normalized spacial score (nSPS) is 10.3. The van der Waals surface area contributed by atoms with Gasteiger partial charge in [0.2, 0.25) is 5.91 Å². The average Bonchev–Trinajstić information content (AvgIpc) is 2.54. The summed E-state index contributed by atoms with van der Waals surface area (Å²) < 4.78 is 13.7. The lowest BCUT2D eigenvalue weighted by atomic mass is 10.2. The van der Waals surface area contributed by atoms with E-state index in [2.05, 4.69) is 5.32 Å². The molecule has 0 aliphatic rings. The largest absolute Gasteiger partial charge is 0.350 e. The van der Waals surface area contributed by atoms with Crippen LogP contribution in [0.5, 0.6) is 0 Å². The first kappa shape index (κ1) is 17.9. The average molecular weight is 349 g/mol. The molecule has 0 bridgehead atoms. The summed E-state index contributed by atoms with van der Waals surface area (Å²) in [5, 5.41) is 2.65. The second-order valence-electron chi connectivity index (χ2n) is 5.28. The first-order valence-electron chi connectivity index (χ1n) is 7.50. The third-order valence-corrected chi connectivity index (χ3v) is 3.83. The van der Waals surface area contributed by atoms with Crippen LogP contribution in [0, 0.1) is 5.82 Å². The minimum Gasteiger partial charge on any atom is -0.350 e. The van der Waals surface area contributed by atoms with Gasteiger partial charge in [0.05, 0.1) is 10.6 Å². The molecule has 24 heavy (non-hydrogen) atoms. The molecule has 2 rings (SSSR count). The molecule has 2 aromatic rings. The van der Waals surface area contributed by atoms with E-state index in [1.807, 2.05) is 30.3 Å². The van der Waals surface area contributed by atoms with E-state index >= 15 is 0 Å². The summed E-state index contributed by atoms with van der Waals surface area (Å²) in [6, 6.07) is 13.6. The van der Waals surface area contributed by atoms with E-state index in [0.29, 0.717) is 13.1 Å². The summed E-state index contributed by atoms with van der Waals surface area (Å²) in [6.07, 6.45) is 0. The van der Waals surface area contributed by atoms with Crippen LogP contribution in [0.25, 0.3) is 0 Å². The Balaban J connectivity index is 1.93. The molecular formula is C18H18ClFN2O2. The number of nitrogens with one attached hydrogen (secondary N) is 1. The molecule has 1 N–H and O–H groups in total. The highest BCUT2D eigenvalue weighted by Crippen LogP contribution is 2.18. The van der Waals surface area contributed by atoms with Gasteiger partial charge in [-0.3, -0.25) is 9.59 Å². The van der Waals surface area contributed by atoms with Crippen LogP contribution in [0.2, 0.25) is 5.02 Å². The molecule has 0 atom stereocenters. The van der Waals surface area contributed by atoms with Gasteiger partial charge in [-0.25, -0.2) is 4.39 Å². The molecule has 0 saturated heterocycles. The third kappa shape index (κ3) is 4.80. The fourth-order valence-corrected chi connectivity index (χ4v) is 2.51. The summed E-state index contributed by atoms with van der Waals surface area (Å²) >= 11 is 5.86. The SMILES string of the molecule is CC(=O)N(CCNC(=O)c1c(F)cccc1Cl)Cc1ccccc1. The number of nitrogens with zero attached hydrogens (tertiary/aromatic N) is 1. The van der Waals surface area contributed by atoms with Gasteiger partial charge in [0.1, 0.15) is 5.82 Å². The van der Waals surface area contributed by atoms with Crippen LogP contribution in [-0.4, -0.2) is 29.8 Å². The molecule has 2 aromatic carbocycles. The Bertz CT molecular complexity index is 702. The maximum absolute atomic E-state index is 13.7. The molecule has 2 amide bonds. The Morgan fingerprint density at radius 1 is 1.12 bits per heavy atom. The predicted molar refractivity (Wildman–Crippen MR) is 91.3 cm³/mol. The molecule has 0 unspecified atom stereocenters. The van der Waals surface area contributed by atoms with Crippen molar-refractivity contribution >= 4 is 23.4 Å². The number of carbonyl (C=O) groups is 2. The Hall–Kier alpha value is -2.40. The molecule has 0 aromatic heterocycles. The van der Waals surface area contributed by atoms with Gasteiger partial charge in [-0.1, -0.05) is 48.0 Å². The summed E-state index contributed by atoms with van der Waals surface area (Å²) in [4.78, 5) is 25.4. The van der Waals surface area contributed by atoms with Crippen molar-refractivity contribution < 1.29 is 14.0 Å². The van der Waals surface area contributed by atoms with Crippen LogP contribution in [-0.2, 0) is 11.3 Å². The molecule has 0 spiro atoms. The Kier molecular flexibility index (Phi) is 6.32. The number of halogens is 2. The fraction of sp³-hybridized carbons (Fsp3) is 0.222. The van der Waals surface area contributed by atoms with E-state index in [1.54, 1.807) is 4.90 Å². The molecule has 0 aliphatic heterocycles. The van der Waals surface area contributed by atoms with Crippen molar-refractivity contribution in [1.29, 1.82) is 0 Å². The minimum atomic E-state index is -0.673. The van der Waals surface area contributed by atoms with E-state index in [4.69, 9.17) is 11.6 Å². The smallest absolute Gasteiger partial charge is 0.255 e. The molecular weight excluding hydrogens is 331 g/mol. The minimum absolute atomic E-state index is 0.0557. The van der Waals surface area contributed by atoms with Crippen molar-refractivity contribution in [2.45, 2.75) is 13.5 Å². The van der Waals surface area contributed by atoms with Gasteiger partial charge in [-0.2, -0.15) is 0 Å². The van der Waals surface area contributed by atoms with Gasteiger partial charge >= 0.3 is 0 Å². The Morgan fingerprint density at radius 3 is 2.46 bits per heavy atom. The molecule has 0 fully saturated rings. The highest BCUT2D eigenvalue weighted by atomic mass is 35.5. The lowest BCUT2D eigenvalue weighted by molar-refractivity contribution is -0.129. The maximum Gasteiger partial charge on any atom is 0.255 e. The van der Waals surface area contributed by atoms with Gasteiger partial charge in [-0.05, 0) is 17.7 Å². The Morgan fingerprint density at radius 2 is 1.83 bits per heavy atom. The number of hydrogen-bond acceptors (Lipinski definition) is 2. The van der Waals surface area contributed by atoms with Crippen molar-refractivity contribution in [1.82, 2.24) is 10.2 Å². The second-order valence-corrected chi connectivity index (χ2v) is 5.69. The van der Waals surface area contributed by atoms with Gasteiger partial charge in [0.25, 0.3) is 5.91 Å². The highest BCUT2D eigenvalue weighted by molar-refractivity contribution is 6.33. The van der Waals surface area contributed by atoms with Crippen LogP contribution in [0.3, 0.4) is 0 Å². The predicted octanol–water partition coefficient (Wildman–Crippen LogP) is 3.26. The fourth-order valence-electron chi connectivity index (χ4n) is 2.26. The van der Waals surface area contributed by atoms with Gasteiger partial charge in [0, 0.05) is 26.6 Å². The zero-order valence-corrected chi connectivity index (χ0v) is 14.0. The molecule has 126 valence electrons. The molecule has 0 radical (unpaired) electrons. The lowest BCUT2D eigenvalue weighted by Gasteiger charge is -2.21. The van der Waals surface area contributed by atoms with E-state index in [-0.39, 0.29) is 23.0 Å². The first-order valence-corrected chi connectivity index (χ1v) is 7.88. The van der Waals surface area contributed by atoms with Crippen molar-refractivity contribution in [2.24, 2.45) is 0 Å². The number of carbonyl (C=O) groups excluding carboxylic acids is 2. The van der Waals surface area contributed by atoms with Gasteiger partial charge in [0.15, 0.2) is 0 Å². The number of benzene rings is 2. The molecule has 6 heteroatoms. The van der Waals surface area contributed by atoms with Crippen LogP contribution in [0.4, 0.5) is 4.39 Å². The van der Waals surface area contributed by atoms with Crippen molar-refractivity contribution in [3.05, 3.63) is 70.5 Å². The van der Waals surface area contributed by atoms with Crippen LogP contribution in [0.15, 0.2) is 48.5 Å². The summed E-state index contributed by atoms with van der Waals surface area (Å²) in [6.45, 7) is 2.45. The highest BCUT2D eigenvalue weighted by Gasteiger charge is 2.16. The molecule has 0 aliphatic carbocycles. The van der Waals surface area contributed by atoms with Crippen LogP contribution < -0.4 is 5.32 Å². The molecule has 0 saturated carbocycles. The van der Waals surface area contributed by atoms with Crippen LogP contribution in [0.1, 0.15) is 22.8 Å². The maximum atomic E-state index is 13.7. The van der Waals surface area contributed by atoms with E-state index in [9.17, 15) is 14.0 Å². The quantitative estimate of drug-likeness (QED) is 0.871. The zero-order valence-electron chi connectivity index (χ0n) is 13.3. The molecule has 0 heterocycles. The zero-order chi connectivity index (χ0) is 17.5. The monoisotopic (exact) mass is 348 g/mol. The third-order valence-electron chi connectivity index (χ3n) is 3.52. The second kappa shape index (κ2) is 8.45. The van der Waals surface area contributed by atoms with E-state index in [1.165, 1.54) is 25.1 Å². The van der Waals surface area contributed by atoms with E-state index in [0.717, 1.165) is 5.56 Å². The number of rotatable bonds is 6. The first-order chi connectivity index (χ1) is 11.5. The van der Waals surface area contributed by atoms with Gasteiger partial charge < -0.3 is 10.2 Å². The lowest BCUT2D eigenvalue weighted by Crippen LogP contribution is -2.37. The Labute approximate surface area is 145 Å².